The van der Waals surface area contributed by atoms with Crippen LogP contribution in [0.5, 0.6) is 5.75 Å². The van der Waals surface area contributed by atoms with Gasteiger partial charge in [-0.3, -0.25) is 4.98 Å². The van der Waals surface area contributed by atoms with E-state index in [1.165, 1.54) is 0 Å². The summed E-state index contributed by atoms with van der Waals surface area (Å²) in [5, 5.41) is 10.2. The number of hydrogen-bond acceptors (Lipinski definition) is 3. The zero-order chi connectivity index (χ0) is 13.3. The van der Waals surface area contributed by atoms with Crippen LogP contribution in [-0.2, 0) is 5.41 Å². The number of hydrogen-bond donors (Lipinski definition) is 0. The number of pyridine rings is 1. The first-order valence-corrected chi connectivity index (χ1v) is 5.84. The lowest BCUT2D eigenvalue weighted by molar-refractivity contribution is 0.415. The van der Waals surface area contributed by atoms with Crippen LogP contribution in [0.25, 0.3) is 10.9 Å². The minimum absolute atomic E-state index is 0.112. The third-order valence-electron chi connectivity index (χ3n) is 2.95. The van der Waals surface area contributed by atoms with Gasteiger partial charge in [-0.2, -0.15) is 5.26 Å². The van der Waals surface area contributed by atoms with Crippen LogP contribution in [0.15, 0.2) is 24.4 Å². The van der Waals surface area contributed by atoms with E-state index in [1.807, 2.05) is 18.2 Å². The molecule has 0 unspecified atom stereocenters. The van der Waals surface area contributed by atoms with Gasteiger partial charge in [0.05, 0.1) is 18.2 Å². The van der Waals surface area contributed by atoms with Gasteiger partial charge in [-0.05, 0) is 29.2 Å². The predicted octanol–water partition coefficient (Wildman–Crippen LogP) is 3.41. The quantitative estimate of drug-likeness (QED) is 0.767. The predicted molar refractivity (Wildman–Crippen MR) is 71.7 cm³/mol. The maximum atomic E-state index is 9.25. The molecule has 1 aromatic heterocycles. The molecule has 2 aromatic rings. The normalized spacial score (nSPS) is 11.3. The van der Waals surface area contributed by atoms with E-state index in [0.29, 0.717) is 5.56 Å². The van der Waals surface area contributed by atoms with Gasteiger partial charge in [0.2, 0.25) is 0 Å². The average Bonchev–Trinajstić information content (AvgIpc) is 2.35. The highest BCUT2D eigenvalue weighted by Gasteiger charge is 2.22. The van der Waals surface area contributed by atoms with E-state index in [4.69, 9.17) is 4.74 Å². The number of methoxy groups -OCH3 is 1. The Hall–Kier alpha value is -2.08. The lowest BCUT2D eigenvalue weighted by Gasteiger charge is -2.22. The van der Waals surface area contributed by atoms with E-state index in [2.05, 4.69) is 31.8 Å². The Morgan fingerprint density at radius 3 is 2.56 bits per heavy atom. The molecule has 2 rings (SSSR count). The molecule has 1 heterocycles. The summed E-state index contributed by atoms with van der Waals surface area (Å²) >= 11 is 0. The lowest BCUT2D eigenvalue weighted by atomic mass is 9.82. The SMILES string of the molecule is COc1ccc2ncc(C#N)c(C(C)(C)C)c2c1. The number of benzene rings is 1. The topological polar surface area (TPSA) is 45.9 Å². The minimum Gasteiger partial charge on any atom is -0.497 e. The molecule has 0 saturated heterocycles. The maximum absolute atomic E-state index is 9.25. The number of nitriles is 1. The Labute approximate surface area is 107 Å². The monoisotopic (exact) mass is 240 g/mol. The third kappa shape index (κ3) is 2.02. The number of aromatic nitrogens is 1. The van der Waals surface area contributed by atoms with Crippen LogP contribution in [0.3, 0.4) is 0 Å². The first kappa shape index (κ1) is 12.4. The second-order valence-electron chi connectivity index (χ2n) is 5.29. The van der Waals surface area contributed by atoms with Gasteiger partial charge in [-0.25, -0.2) is 0 Å². The smallest absolute Gasteiger partial charge is 0.119 e. The number of nitrogens with zero attached hydrogens (tertiary/aromatic N) is 2. The summed E-state index contributed by atoms with van der Waals surface area (Å²) in [6.45, 7) is 6.30. The molecule has 1 aromatic carbocycles. The summed E-state index contributed by atoms with van der Waals surface area (Å²) in [5.74, 6) is 0.782. The molecule has 0 aliphatic heterocycles. The fourth-order valence-electron chi connectivity index (χ4n) is 2.19. The molecule has 0 N–H and O–H groups in total. The summed E-state index contributed by atoms with van der Waals surface area (Å²) in [4.78, 5) is 4.32. The Bertz CT molecular complexity index is 633. The molecule has 0 amide bonds. The lowest BCUT2D eigenvalue weighted by Crippen LogP contribution is -2.14. The Morgan fingerprint density at radius 2 is 2.00 bits per heavy atom. The van der Waals surface area contributed by atoms with Crippen LogP contribution in [0.1, 0.15) is 31.9 Å². The van der Waals surface area contributed by atoms with E-state index in [-0.39, 0.29) is 5.41 Å². The van der Waals surface area contributed by atoms with Crippen molar-refractivity contribution in [3.63, 3.8) is 0 Å². The molecule has 0 bridgehead atoms. The Kier molecular flexibility index (Phi) is 2.96. The van der Waals surface area contributed by atoms with Crippen LogP contribution >= 0.6 is 0 Å². The van der Waals surface area contributed by atoms with E-state index >= 15 is 0 Å². The zero-order valence-corrected chi connectivity index (χ0v) is 11.1. The van der Waals surface area contributed by atoms with Crippen molar-refractivity contribution in [2.24, 2.45) is 0 Å². The molecule has 0 spiro atoms. The second-order valence-corrected chi connectivity index (χ2v) is 5.29. The van der Waals surface area contributed by atoms with E-state index in [1.54, 1.807) is 13.3 Å². The molecule has 0 aliphatic carbocycles. The van der Waals surface area contributed by atoms with Crippen LogP contribution in [0.4, 0.5) is 0 Å². The molecule has 0 saturated carbocycles. The average molecular weight is 240 g/mol. The van der Waals surface area contributed by atoms with E-state index < -0.39 is 0 Å². The van der Waals surface area contributed by atoms with Gasteiger partial charge < -0.3 is 4.74 Å². The van der Waals surface area contributed by atoms with Gasteiger partial charge in [-0.15, -0.1) is 0 Å². The van der Waals surface area contributed by atoms with Crippen molar-refractivity contribution in [1.82, 2.24) is 4.98 Å². The van der Waals surface area contributed by atoms with Gasteiger partial charge in [-0.1, -0.05) is 20.8 Å². The summed E-state index contributed by atoms with van der Waals surface area (Å²) in [5.41, 5.74) is 2.43. The first-order valence-electron chi connectivity index (χ1n) is 5.84. The number of fused-ring (bicyclic) bond motifs is 1. The number of rotatable bonds is 1. The first-order chi connectivity index (χ1) is 8.47. The molecule has 92 valence electrons. The summed E-state index contributed by atoms with van der Waals surface area (Å²) in [6.07, 6.45) is 1.65. The maximum Gasteiger partial charge on any atom is 0.119 e. The third-order valence-corrected chi connectivity index (χ3v) is 2.95. The highest BCUT2D eigenvalue weighted by atomic mass is 16.5. The van der Waals surface area contributed by atoms with Crippen LogP contribution in [0.2, 0.25) is 0 Å². The minimum atomic E-state index is -0.112. The summed E-state index contributed by atoms with van der Waals surface area (Å²) < 4.78 is 5.25. The van der Waals surface area contributed by atoms with Crippen molar-refractivity contribution in [3.8, 4) is 11.8 Å². The highest BCUT2D eigenvalue weighted by Crippen LogP contribution is 2.33. The Balaban J connectivity index is 2.88. The van der Waals surface area contributed by atoms with Crippen molar-refractivity contribution in [3.05, 3.63) is 35.5 Å². The van der Waals surface area contributed by atoms with Crippen molar-refractivity contribution in [2.75, 3.05) is 7.11 Å². The van der Waals surface area contributed by atoms with Gasteiger partial charge in [0.25, 0.3) is 0 Å². The van der Waals surface area contributed by atoms with Crippen molar-refractivity contribution in [2.45, 2.75) is 26.2 Å². The number of ether oxygens (including phenoxy) is 1. The fourth-order valence-corrected chi connectivity index (χ4v) is 2.19. The molecule has 0 fully saturated rings. The highest BCUT2D eigenvalue weighted by molar-refractivity contribution is 5.86. The van der Waals surface area contributed by atoms with Crippen molar-refractivity contribution >= 4 is 10.9 Å². The van der Waals surface area contributed by atoms with Crippen molar-refractivity contribution < 1.29 is 4.74 Å². The molecule has 0 radical (unpaired) electrons. The molecule has 3 heteroatoms. The van der Waals surface area contributed by atoms with Crippen LogP contribution < -0.4 is 4.74 Å². The largest absolute Gasteiger partial charge is 0.497 e. The fraction of sp³-hybridized carbons (Fsp3) is 0.333. The van der Waals surface area contributed by atoms with E-state index in [0.717, 1.165) is 22.2 Å². The molecular formula is C15H16N2O. The molecule has 18 heavy (non-hydrogen) atoms. The van der Waals surface area contributed by atoms with Gasteiger partial charge >= 0.3 is 0 Å². The van der Waals surface area contributed by atoms with Gasteiger partial charge in [0.15, 0.2) is 0 Å². The van der Waals surface area contributed by atoms with E-state index in [9.17, 15) is 5.26 Å². The van der Waals surface area contributed by atoms with Gasteiger partial charge in [0, 0.05) is 11.6 Å². The summed E-state index contributed by atoms with van der Waals surface area (Å²) in [7, 11) is 1.64. The molecule has 0 aliphatic rings. The van der Waals surface area contributed by atoms with Crippen molar-refractivity contribution in [1.29, 1.82) is 5.26 Å². The standard InChI is InChI=1S/C15H16N2O/c1-15(2,3)14-10(8-16)9-17-13-6-5-11(18-4)7-12(13)14/h5-7,9H,1-4H3. The van der Waals surface area contributed by atoms with Crippen LogP contribution in [-0.4, -0.2) is 12.1 Å². The van der Waals surface area contributed by atoms with Crippen LogP contribution in [0, 0.1) is 11.3 Å². The van der Waals surface area contributed by atoms with Gasteiger partial charge in [0.1, 0.15) is 11.8 Å². The second kappa shape index (κ2) is 4.30. The molecular weight excluding hydrogens is 224 g/mol. The zero-order valence-electron chi connectivity index (χ0n) is 11.1. The molecule has 0 atom stereocenters. The summed E-state index contributed by atoms with van der Waals surface area (Å²) in [6, 6.07) is 7.98. The Morgan fingerprint density at radius 1 is 1.28 bits per heavy atom. The molecule has 3 nitrogen and oxygen atoms in total.